The van der Waals surface area contributed by atoms with E-state index in [4.69, 9.17) is 9.15 Å². The standard InChI is InChI=1S/C19H22N4O3S/c1-23(19(13-20)10-6-3-7-11-19)16(24)12-27-18-22-21-17(26-18)14-8-4-5-9-15(14)25-2/h4-5,8-9H,3,6-7,10-12H2,1-2H3. The van der Waals surface area contributed by atoms with Gasteiger partial charge in [0.1, 0.15) is 11.3 Å². The van der Waals surface area contributed by atoms with E-state index in [2.05, 4.69) is 16.3 Å². The molecule has 142 valence electrons. The van der Waals surface area contributed by atoms with E-state index in [-0.39, 0.29) is 11.7 Å². The number of hydrogen-bond donors (Lipinski definition) is 0. The Labute approximate surface area is 162 Å². The van der Waals surface area contributed by atoms with E-state index in [1.54, 1.807) is 19.1 Å². The molecule has 0 bridgehead atoms. The van der Waals surface area contributed by atoms with Crippen LogP contribution < -0.4 is 4.74 Å². The SMILES string of the molecule is COc1ccccc1-c1nnc(SCC(=O)N(C)C2(C#N)CCCCC2)o1. The van der Waals surface area contributed by atoms with Crippen molar-refractivity contribution in [3.8, 4) is 23.3 Å². The molecule has 27 heavy (non-hydrogen) atoms. The van der Waals surface area contributed by atoms with Crippen LogP contribution in [0.15, 0.2) is 33.9 Å². The summed E-state index contributed by atoms with van der Waals surface area (Å²) in [4.78, 5) is 14.2. The zero-order valence-corrected chi connectivity index (χ0v) is 16.3. The van der Waals surface area contributed by atoms with Gasteiger partial charge < -0.3 is 14.1 Å². The number of benzene rings is 1. The van der Waals surface area contributed by atoms with E-state index >= 15 is 0 Å². The predicted molar refractivity (Wildman–Crippen MR) is 101 cm³/mol. The normalized spacial score (nSPS) is 15.7. The quantitative estimate of drug-likeness (QED) is 0.701. The van der Waals surface area contributed by atoms with Crippen LogP contribution in [0.3, 0.4) is 0 Å². The molecular formula is C19H22N4O3S. The maximum atomic E-state index is 12.6. The van der Waals surface area contributed by atoms with Crippen LogP contribution in [0.2, 0.25) is 0 Å². The molecule has 1 aromatic carbocycles. The summed E-state index contributed by atoms with van der Waals surface area (Å²) >= 11 is 1.18. The average Bonchev–Trinajstić information content (AvgIpc) is 3.20. The second-order valence-corrected chi connectivity index (χ2v) is 7.45. The first-order valence-corrected chi connectivity index (χ1v) is 9.86. The molecule has 1 aromatic heterocycles. The molecule has 1 fully saturated rings. The topological polar surface area (TPSA) is 92.3 Å². The van der Waals surface area contributed by atoms with Gasteiger partial charge in [-0.05, 0) is 25.0 Å². The molecule has 7 nitrogen and oxygen atoms in total. The van der Waals surface area contributed by atoms with Gasteiger partial charge in [-0.3, -0.25) is 4.79 Å². The molecule has 2 aromatic rings. The lowest BCUT2D eigenvalue weighted by molar-refractivity contribution is -0.131. The first kappa shape index (κ1) is 19.2. The number of para-hydroxylation sites is 1. The fraction of sp³-hybridized carbons (Fsp3) is 0.474. The maximum Gasteiger partial charge on any atom is 0.277 e. The van der Waals surface area contributed by atoms with E-state index < -0.39 is 5.54 Å². The first-order valence-electron chi connectivity index (χ1n) is 8.87. The fourth-order valence-electron chi connectivity index (χ4n) is 3.32. The van der Waals surface area contributed by atoms with Crippen LogP contribution in [0.4, 0.5) is 0 Å². The highest BCUT2D eigenvalue weighted by atomic mass is 32.2. The Hall–Kier alpha value is -2.53. The molecule has 0 unspecified atom stereocenters. The second kappa shape index (κ2) is 8.44. The number of amides is 1. The number of rotatable bonds is 6. The Kier molecular flexibility index (Phi) is 6.01. The minimum Gasteiger partial charge on any atom is -0.496 e. The zero-order chi connectivity index (χ0) is 19.3. The molecule has 1 aliphatic rings. The van der Waals surface area contributed by atoms with Gasteiger partial charge in [-0.1, -0.05) is 43.2 Å². The second-order valence-electron chi connectivity index (χ2n) is 6.52. The van der Waals surface area contributed by atoms with Crippen LogP contribution in [0.25, 0.3) is 11.5 Å². The molecule has 1 heterocycles. The number of nitriles is 1. The number of hydrogen-bond acceptors (Lipinski definition) is 7. The molecule has 3 rings (SSSR count). The fourth-order valence-corrected chi connectivity index (χ4v) is 3.99. The van der Waals surface area contributed by atoms with E-state index in [9.17, 15) is 10.1 Å². The number of carbonyl (C=O) groups excluding carboxylic acids is 1. The molecule has 8 heteroatoms. The Morgan fingerprint density at radius 1 is 1.33 bits per heavy atom. The number of aromatic nitrogens is 2. The third-order valence-corrected chi connectivity index (χ3v) is 5.77. The Bertz CT molecular complexity index is 839. The van der Waals surface area contributed by atoms with Gasteiger partial charge in [-0.2, -0.15) is 5.26 Å². The molecule has 0 N–H and O–H groups in total. The van der Waals surface area contributed by atoms with Crippen molar-refractivity contribution in [1.29, 1.82) is 5.26 Å². The molecule has 1 aliphatic carbocycles. The zero-order valence-electron chi connectivity index (χ0n) is 15.5. The van der Waals surface area contributed by atoms with Crippen LogP contribution in [0.5, 0.6) is 5.75 Å². The van der Waals surface area contributed by atoms with Crippen molar-refractivity contribution >= 4 is 17.7 Å². The highest BCUT2D eigenvalue weighted by Crippen LogP contribution is 2.34. The number of methoxy groups -OCH3 is 1. The number of thioether (sulfide) groups is 1. The van der Waals surface area contributed by atoms with Crippen LogP contribution in [-0.4, -0.2) is 46.5 Å². The Balaban J connectivity index is 1.64. The smallest absolute Gasteiger partial charge is 0.277 e. The third kappa shape index (κ3) is 4.08. The summed E-state index contributed by atoms with van der Waals surface area (Å²) in [5.41, 5.74) is 0.0151. The van der Waals surface area contributed by atoms with Gasteiger partial charge in [0.2, 0.25) is 5.91 Å². The van der Waals surface area contributed by atoms with Gasteiger partial charge >= 0.3 is 0 Å². The van der Waals surface area contributed by atoms with Crippen molar-refractivity contribution in [1.82, 2.24) is 15.1 Å². The lowest BCUT2D eigenvalue weighted by Gasteiger charge is -2.38. The van der Waals surface area contributed by atoms with E-state index in [0.29, 0.717) is 22.4 Å². The lowest BCUT2D eigenvalue weighted by Crippen LogP contribution is -2.50. The summed E-state index contributed by atoms with van der Waals surface area (Å²) in [6.07, 6.45) is 4.53. The van der Waals surface area contributed by atoms with Crippen molar-refractivity contribution in [2.45, 2.75) is 42.9 Å². The summed E-state index contributed by atoms with van der Waals surface area (Å²) in [5.74, 6) is 1.02. The molecule has 0 aliphatic heterocycles. The third-order valence-electron chi connectivity index (χ3n) is 4.97. The number of nitrogens with zero attached hydrogens (tertiary/aromatic N) is 4. The molecule has 0 atom stereocenters. The van der Waals surface area contributed by atoms with Gasteiger partial charge in [-0.25, -0.2) is 0 Å². The van der Waals surface area contributed by atoms with Crippen LogP contribution in [-0.2, 0) is 4.79 Å². The van der Waals surface area contributed by atoms with Crippen LogP contribution >= 0.6 is 11.8 Å². The van der Waals surface area contributed by atoms with Gasteiger partial charge in [0.05, 0.1) is 24.5 Å². The maximum absolute atomic E-state index is 12.6. The number of ether oxygens (including phenoxy) is 1. The highest BCUT2D eigenvalue weighted by molar-refractivity contribution is 7.99. The summed E-state index contributed by atoms with van der Waals surface area (Å²) in [5, 5.41) is 18.0. The van der Waals surface area contributed by atoms with E-state index in [1.165, 1.54) is 11.8 Å². The van der Waals surface area contributed by atoms with Crippen LogP contribution in [0.1, 0.15) is 32.1 Å². The summed E-state index contributed by atoms with van der Waals surface area (Å²) < 4.78 is 11.0. The van der Waals surface area contributed by atoms with Gasteiger partial charge in [0.25, 0.3) is 11.1 Å². The largest absolute Gasteiger partial charge is 0.496 e. The molecule has 1 amide bonds. The molecule has 0 saturated heterocycles. The molecule has 0 radical (unpaired) electrons. The van der Waals surface area contributed by atoms with Crippen LogP contribution in [0, 0.1) is 11.3 Å². The van der Waals surface area contributed by atoms with E-state index in [0.717, 1.165) is 32.1 Å². The molecule has 0 spiro atoms. The van der Waals surface area contributed by atoms with Crippen molar-refractivity contribution in [2.75, 3.05) is 19.9 Å². The minimum atomic E-state index is -0.687. The van der Waals surface area contributed by atoms with Gasteiger partial charge in [0, 0.05) is 7.05 Å². The lowest BCUT2D eigenvalue weighted by atomic mass is 9.81. The Morgan fingerprint density at radius 2 is 2.07 bits per heavy atom. The van der Waals surface area contributed by atoms with Crippen molar-refractivity contribution in [3.05, 3.63) is 24.3 Å². The predicted octanol–water partition coefficient (Wildman–Crippen LogP) is 3.52. The highest BCUT2D eigenvalue weighted by Gasteiger charge is 2.38. The Morgan fingerprint density at radius 3 is 2.78 bits per heavy atom. The molecular weight excluding hydrogens is 364 g/mol. The minimum absolute atomic E-state index is 0.111. The van der Waals surface area contributed by atoms with Gasteiger partial charge in [0.15, 0.2) is 0 Å². The molecule has 1 saturated carbocycles. The first-order chi connectivity index (χ1) is 13.1. The van der Waals surface area contributed by atoms with Gasteiger partial charge in [-0.15, -0.1) is 10.2 Å². The summed E-state index contributed by atoms with van der Waals surface area (Å²) in [6.45, 7) is 0. The number of carbonyl (C=O) groups is 1. The van der Waals surface area contributed by atoms with Crippen molar-refractivity contribution in [2.24, 2.45) is 0 Å². The van der Waals surface area contributed by atoms with Crippen molar-refractivity contribution in [3.63, 3.8) is 0 Å². The monoisotopic (exact) mass is 386 g/mol. The average molecular weight is 386 g/mol. The van der Waals surface area contributed by atoms with Crippen molar-refractivity contribution < 1.29 is 13.9 Å². The van der Waals surface area contributed by atoms with E-state index in [1.807, 2.05) is 24.3 Å². The summed E-state index contributed by atoms with van der Waals surface area (Å²) in [6, 6.07) is 9.73. The summed E-state index contributed by atoms with van der Waals surface area (Å²) in [7, 11) is 3.29.